The number of benzene rings is 1. The number of hydrogen-bond donors (Lipinski definition) is 1. The number of nitrogens with zero attached hydrogens (tertiary/aromatic N) is 2. The molecule has 3 nitrogen and oxygen atoms in total. The number of halogens is 3. The summed E-state index contributed by atoms with van der Waals surface area (Å²) in [6, 6.07) is 3.97. The Kier molecular flexibility index (Phi) is 4.13. The van der Waals surface area contributed by atoms with Crippen molar-refractivity contribution in [2.45, 2.75) is 25.1 Å². The van der Waals surface area contributed by atoms with E-state index in [4.69, 9.17) is 5.73 Å². The van der Waals surface area contributed by atoms with Crippen LogP contribution in [-0.2, 0) is 6.18 Å². The van der Waals surface area contributed by atoms with Gasteiger partial charge in [0.25, 0.3) is 0 Å². The van der Waals surface area contributed by atoms with Crippen molar-refractivity contribution in [2.24, 2.45) is 0 Å². The van der Waals surface area contributed by atoms with Gasteiger partial charge < -0.3 is 15.5 Å². The van der Waals surface area contributed by atoms with E-state index in [1.54, 1.807) is 0 Å². The summed E-state index contributed by atoms with van der Waals surface area (Å²) in [6.07, 6.45) is -2.07. The average molecular weight is 287 g/mol. The molecule has 1 unspecified atom stereocenters. The van der Waals surface area contributed by atoms with E-state index in [9.17, 15) is 13.2 Å². The fraction of sp³-hybridized carbons (Fsp3) is 0.571. The van der Waals surface area contributed by atoms with Gasteiger partial charge in [-0.05, 0) is 44.6 Å². The molecule has 1 fully saturated rings. The minimum atomic E-state index is -4.35. The Morgan fingerprint density at radius 3 is 2.60 bits per heavy atom. The van der Waals surface area contributed by atoms with E-state index >= 15 is 0 Å². The van der Waals surface area contributed by atoms with Crippen LogP contribution < -0.4 is 10.6 Å². The number of hydrogen-bond acceptors (Lipinski definition) is 3. The van der Waals surface area contributed by atoms with Crippen LogP contribution in [0.25, 0.3) is 0 Å². The van der Waals surface area contributed by atoms with Crippen LogP contribution in [0.4, 0.5) is 24.5 Å². The second kappa shape index (κ2) is 5.52. The maximum atomic E-state index is 12.6. The Bertz CT molecular complexity index is 473. The van der Waals surface area contributed by atoms with Gasteiger partial charge in [-0.3, -0.25) is 0 Å². The van der Waals surface area contributed by atoms with E-state index in [-0.39, 0.29) is 5.69 Å². The Morgan fingerprint density at radius 2 is 2.10 bits per heavy atom. The summed E-state index contributed by atoms with van der Waals surface area (Å²) < 4.78 is 37.8. The van der Waals surface area contributed by atoms with Gasteiger partial charge in [0.05, 0.1) is 16.9 Å². The van der Waals surface area contributed by atoms with Gasteiger partial charge in [-0.1, -0.05) is 0 Å². The zero-order chi connectivity index (χ0) is 14.9. The van der Waals surface area contributed by atoms with Gasteiger partial charge >= 0.3 is 6.18 Å². The van der Waals surface area contributed by atoms with Crippen LogP contribution in [0.5, 0.6) is 0 Å². The van der Waals surface area contributed by atoms with Crippen molar-refractivity contribution in [3.63, 3.8) is 0 Å². The predicted octanol–water partition coefficient (Wildman–Crippen LogP) is 2.82. The maximum Gasteiger partial charge on any atom is 0.416 e. The number of nitrogens with two attached hydrogens (primary N) is 1. The first-order chi connectivity index (χ1) is 9.29. The Hall–Kier alpha value is -1.43. The van der Waals surface area contributed by atoms with Gasteiger partial charge in [0.15, 0.2) is 0 Å². The van der Waals surface area contributed by atoms with E-state index in [1.165, 1.54) is 6.07 Å². The molecular weight excluding hydrogens is 267 g/mol. The summed E-state index contributed by atoms with van der Waals surface area (Å²) in [6.45, 7) is 1.84. The highest BCUT2D eigenvalue weighted by molar-refractivity contribution is 5.68. The molecule has 2 N–H and O–H groups in total. The van der Waals surface area contributed by atoms with Gasteiger partial charge in [0.1, 0.15) is 0 Å². The number of likely N-dealkylation sites (N-methyl/N-ethyl adjacent to an activating group) is 2. The third kappa shape index (κ3) is 3.17. The van der Waals surface area contributed by atoms with Crippen molar-refractivity contribution < 1.29 is 13.2 Å². The zero-order valence-corrected chi connectivity index (χ0v) is 11.7. The van der Waals surface area contributed by atoms with Crippen LogP contribution in [0.3, 0.4) is 0 Å². The first kappa shape index (κ1) is 15.0. The number of rotatable bonds is 3. The predicted molar refractivity (Wildman–Crippen MR) is 74.8 cm³/mol. The van der Waals surface area contributed by atoms with Crippen LogP contribution in [0.15, 0.2) is 18.2 Å². The lowest BCUT2D eigenvalue weighted by molar-refractivity contribution is -0.137. The van der Waals surface area contributed by atoms with E-state index < -0.39 is 11.7 Å². The molecule has 2 rings (SSSR count). The molecule has 0 saturated carbocycles. The number of alkyl halides is 3. The summed E-state index contributed by atoms with van der Waals surface area (Å²) in [5.41, 5.74) is 5.89. The molecule has 0 amide bonds. The topological polar surface area (TPSA) is 32.5 Å². The smallest absolute Gasteiger partial charge is 0.397 e. The second-order valence-corrected chi connectivity index (χ2v) is 5.43. The summed E-state index contributed by atoms with van der Waals surface area (Å²) in [5, 5.41) is 0. The van der Waals surface area contributed by atoms with Crippen molar-refractivity contribution in [2.75, 3.05) is 37.8 Å². The second-order valence-electron chi connectivity index (χ2n) is 5.43. The molecule has 1 heterocycles. The molecule has 6 heteroatoms. The number of anilines is 2. The van der Waals surface area contributed by atoms with E-state index in [0.29, 0.717) is 11.7 Å². The summed E-state index contributed by atoms with van der Waals surface area (Å²) in [4.78, 5) is 4.21. The fourth-order valence-electron chi connectivity index (χ4n) is 2.70. The molecule has 1 saturated heterocycles. The molecule has 1 aliphatic heterocycles. The van der Waals surface area contributed by atoms with Crippen LogP contribution in [0.2, 0.25) is 0 Å². The molecule has 112 valence electrons. The van der Waals surface area contributed by atoms with Gasteiger partial charge in [0, 0.05) is 19.6 Å². The summed E-state index contributed by atoms with van der Waals surface area (Å²) in [7, 11) is 3.94. The highest BCUT2D eigenvalue weighted by Crippen LogP contribution is 2.34. The minimum Gasteiger partial charge on any atom is -0.397 e. The quantitative estimate of drug-likeness (QED) is 0.868. The van der Waals surface area contributed by atoms with Crippen LogP contribution in [0.1, 0.15) is 18.4 Å². The Morgan fingerprint density at radius 1 is 1.40 bits per heavy atom. The van der Waals surface area contributed by atoms with Crippen molar-refractivity contribution >= 4 is 11.4 Å². The Labute approximate surface area is 117 Å². The molecular formula is C14H20F3N3. The molecule has 20 heavy (non-hydrogen) atoms. The highest BCUT2D eigenvalue weighted by atomic mass is 19.4. The summed E-state index contributed by atoms with van der Waals surface area (Å²) >= 11 is 0. The minimum absolute atomic E-state index is 0.169. The average Bonchev–Trinajstić information content (AvgIpc) is 2.73. The van der Waals surface area contributed by atoms with Crippen molar-refractivity contribution in [1.82, 2.24) is 4.90 Å². The van der Waals surface area contributed by atoms with Gasteiger partial charge in [0.2, 0.25) is 0 Å². The Balaban J connectivity index is 2.12. The normalized spacial score (nSPS) is 20.4. The zero-order valence-electron chi connectivity index (χ0n) is 11.7. The van der Waals surface area contributed by atoms with Crippen LogP contribution in [-0.4, -0.2) is 38.1 Å². The molecule has 1 aliphatic rings. The third-order valence-corrected chi connectivity index (χ3v) is 3.92. The van der Waals surface area contributed by atoms with E-state index in [0.717, 1.165) is 38.1 Å². The molecule has 1 aromatic carbocycles. The van der Waals surface area contributed by atoms with Crippen molar-refractivity contribution in [3.05, 3.63) is 23.8 Å². The molecule has 0 aliphatic carbocycles. The largest absolute Gasteiger partial charge is 0.416 e. The van der Waals surface area contributed by atoms with Gasteiger partial charge in [-0.25, -0.2) is 0 Å². The highest BCUT2D eigenvalue weighted by Gasteiger charge is 2.31. The molecule has 0 spiro atoms. The standard InChI is InChI=1S/C14H20F3N3/c1-19-7-3-4-11(19)9-20(2)13-6-5-10(8-12(13)18)14(15,16)17/h5-6,8,11H,3-4,7,9,18H2,1-2H3. The first-order valence-corrected chi connectivity index (χ1v) is 6.67. The monoisotopic (exact) mass is 287 g/mol. The van der Waals surface area contributed by atoms with Gasteiger partial charge in [-0.2, -0.15) is 13.2 Å². The van der Waals surface area contributed by atoms with Crippen LogP contribution >= 0.6 is 0 Å². The lowest BCUT2D eigenvalue weighted by Gasteiger charge is -2.28. The lowest BCUT2D eigenvalue weighted by Crippen LogP contribution is -2.36. The van der Waals surface area contributed by atoms with E-state index in [1.807, 2.05) is 11.9 Å². The van der Waals surface area contributed by atoms with Crippen LogP contribution in [0, 0.1) is 0 Å². The SMILES string of the molecule is CN(CC1CCCN1C)c1ccc(C(F)(F)F)cc1N. The maximum absolute atomic E-state index is 12.6. The van der Waals surface area contributed by atoms with E-state index in [2.05, 4.69) is 11.9 Å². The van der Waals surface area contributed by atoms with Crippen molar-refractivity contribution in [1.29, 1.82) is 0 Å². The molecule has 0 aromatic heterocycles. The third-order valence-electron chi connectivity index (χ3n) is 3.92. The van der Waals surface area contributed by atoms with Crippen molar-refractivity contribution in [3.8, 4) is 0 Å². The number of likely N-dealkylation sites (tertiary alicyclic amines) is 1. The van der Waals surface area contributed by atoms with Gasteiger partial charge in [-0.15, -0.1) is 0 Å². The fourth-order valence-corrected chi connectivity index (χ4v) is 2.70. The number of nitrogen functional groups attached to an aromatic ring is 1. The summed E-state index contributed by atoms with van der Waals surface area (Å²) in [5.74, 6) is 0. The molecule has 1 atom stereocenters. The molecule has 0 bridgehead atoms. The first-order valence-electron chi connectivity index (χ1n) is 6.67. The lowest BCUT2D eigenvalue weighted by atomic mass is 10.1. The molecule has 0 radical (unpaired) electrons. The molecule has 1 aromatic rings.